The van der Waals surface area contributed by atoms with Crippen LogP contribution >= 0.6 is 11.3 Å². The predicted octanol–water partition coefficient (Wildman–Crippen LogP) is 5.77. The molecule has 4 fully saturated rings. The monoisotopic (exact) mass is 409 g/mol. The lowest BCUT2D eigenvalue weighted by Gasteiger charge is -2.62. The molecule has 1 aromatic carbocycles. The van der Waals surface area contributed by atoms with Gasteiger partial charge >= 0.3 is 6.03 Å². The normalized spacial score (nSPS) is 32.3. The topological polar surface area (TPSA) is 54.0 Å². The van der Waals surface area contributed by atoms with Crippen LogP contribution in [0.1, 0.15) is 68.7 Å². The van der Waals surface area contributed by atoms with E-state index in [9.17, 15) is 4.79 Å². The van der Waals surface area contributed by atoms with Crippen LogP contribution in [0, 0.1) is 18.8 Å². The molecule has 5 heteroatoms. The van der Waals surface area contributed by atoms with Gasteiger partial charge in [0.05, 0.1) is 5.69 Å². The Bertz CT molecular complexity index is 889. The van der Waals surface area contributed by atoms with Gasteiger partial charge in [-0.15, -0.1) is 11.3 Å². The number of thiazole rings is 1. The fourth-order valence-corrected chi connectivity index (χ4v) is 7.59. The first-order valence-corrected chi connectivity index (χ1v) is 12.0. The highest BCUT2D eigenvalue weighted by molar-refractivity contribution is 7.13. The van der Waals surface area contributed by atoms with E-state index in [4.69, 9.17) is 4.98 Å². The van der Waals surface area contributed by atoms with Gasteiger partial charge in [-0.1, -0.05) is 36.8 Å². The molecule has 0 aliphatic heterocycles. The van der Waals surface area contributed by atoms with E-state index < -0.39 is 0 Å². The zero-order valence-electron chi connectivity index (χ0n) is 17.5. The van der Waals surface area contributed by atoms with Crippen LogP contribution in [0.2, 0.25) is 0 Å². The van der Waals surface area contributed by atoms with Gasteiger partial charge in [-0.05, 0) is 74.7 Å². The van der Waals surface area contributed by atoms with Crippen molar-refractivity contribution < 1.29 is 4.79 Å². The maximum Gasteiger partial charge on any atom is 0.321 e. The van der Waals surface area contributed by atoms with Gasteiger partial charge in [-0.25, -0.2) is 9.78 Å². The molecule has 4 nitrogen and oxygen atoms in total. The lowest BCUT2D eigenvalue weighted by molar-refractivity contribution is -0.0296. The van der Waals surface area contributed by atoms with Crippen molar-refractivity contribution in [3.05, 3.63) is 46.5 Å². The van der Waals surface area contributed by atoms with E-state index in [1.54, 1.807) is 11.3 Å². The predicted molar refractivity (Wildman–Crippen MR) is 119 cm³/mol. The number of aromatic nitrogens is 1. The summed E-state index contributed by atoms with van der Waals surface area (Å²) in [5, 5.41) is 8.75. The molecule has 4 bridgehead atoms. The minimum absolute atomic E-state index is 0.144. The first-order chi connectivity index (χ1) is 14.0. The quantitative estimate of drug-likeness (QED) is 0.658. The number of benzene rings is 1. The molecule has 2 amide bonds. The number of rotatable bonds is 5. The SMILES string of the molecule is CCCNC(=O)Nc1nc(C23C[C@@H]4C[C@@H](CC(c5ccc(C)cc5)(C4)C2)C3)cs1. The van der Waals surface area contributed by atoms with Crippen molar-refractivity contribution in [3.63, 3.8) is 0 Å². The first-order valence-electron chi connectivity index (χ1n) is 11.1. The third kappa shape index (κ3) is 3.37. The van der Waals surface area contributed by atoms with E-state index in [1.165, 1.54) is 55.3 Å². The summed E-state index contributed by atoms with van der Waals surface area (Å²) in [5.41, 5.74) is 4.59. The molecule has 154 valence electrons. The van der Waals surface area contributed by atoms with Crippen LogP contribution in [-0.4, -0.2) is 17.6 Å². The smallest absolute Gasteiger partial charge is 0.321 e. The molecular formula is C24H31N3OS. The first kappa shape index (κ1) is 19.1. The Balaban J connectivity index is 1.42. The average Bonchev–Trinajstić information content (AvgIpc) is 3.15. The number of anilines is 1. The van der Waals surface area contributed by atoms with Gasteiger partial charge in [0, 0.05) is 17.3 Å². The van der Waals surface area contributed by atoms with Crippen LogP contribution in [0.3, 0.4) is 0 Å². The van der Waals surface area contributed by atoms with E-state index in [0.29, 0.717) is 12.0 Å². The van der Waals surface area contributed by atoms with Crippen molar-refractivity contribution >= 4 is 22.5 Å². The molecule has 2 N–H and O–H groups in total. The molecule has 0 spiro atoms. The second-order valence-corrected chi connectivity index (χ2v) is 10.7. The molecule has 4 aliphatic carbocycles. The fourth-order valence-electron chi connectivity index (χ4n) is 6.76. The summed E-state index contributed by atoms with van der Waals surface area (Å²) < 4.78 is 0. The molecule has 1 heterocycles. The van der Waals surface area contributed by atoms with Crippen molar-refractivity contribution in [1.82, 2.24) is 10.3 Å². The van der Waals surface area contributed by atoms with Gasteiger partial charge in [-0.2, -0.15) is 0 Å². The minimum Gasteiger partial charge on any atom is -0.338 e. The Morgan fingerprint density at radius 1 is 1.14 bits per heavy atom. The van der Waals surface area contributed by atoms with Crippen LogP contribution in [-0.2, 0) is 10.8 Å². The molecule has 0 radical (unpaired) electrons. The van der Waals surface area contributed by atoms with Crippen LogP contribution in [0.25, 0.3) is 0 Å². The number of nitrogens with one attached hydrogen (secondary N) is 2. The van der Waals surface area contributed by atoms with Crippen molar-refractivity contribution in [2.75, 3.05) is 11.9 Å². The Morgan fingerprint density at radius 2 is 1.83 bits per heavy atom. The summed E-state index contributed by atoms with van der Waals surface area (Å²) in [4.78, 5) is 17.0. The number of aryl methyl sites for hydroxylation is 1. The third-order valence-electron chi connectivity index (χ3n) is 7.53. The average molecular weight is 410 g/mol. The van der Waals surface area contributed by atoms with Crippen LogP contribution in [0.4, 0.5) is 9.93 Å². The Kier molecular flexibility index (Phi) is 4.69. The number of carbonyl (C=O) groups excluding carboxylic acids is 1. The van der Waals surface area contributed by atoms with E-state index in [-0.39, 0.29) is 11.4 Å². The van der Waals surface area contributed by atoms with Gasteiger partial charge in [0.15, 0.2) is 5.13 Å². The van der Waals surface area contributed by atoms with Crippen molar-refractivity contribution in [2.24, 2.45) is 11.8 Å². The molecule has 4 atom stereocenters. The summed E-state index contributed by atoms with van der Waals surface area (Å²) in [6.07, 6.45) is 8.74. The van der Waals surface area contributed by atoms with E-state index in [0.717, 1.165) is 23.4 Å². The minimum atomic E-state index is -0.144. The largest absolute Gasteiger partial charge is 0.338 e. The summed E-state index contributed by atoms with van der Waals surface area (Å²) in [5.74, 6) is 1.62. The van der Waals surface area contributed by atoms with E-state index in [2.05, 4.69) is 54.1 Å². The standard InChI is InChI=1S/C24H31N3OS/c1-3-8-25-21(28)27-22-26-20(14-29-22)24-12-17-9-18(13-24)11-23(10-17,15-24)19-6-4-16(2)5-7-19/h4-7,14,17-18H,3,8-13,15H2,1-2H3,(H2,25,26,27,28)/t17-,18+,23?,24?. The molecule has 4 aliphatic rings. The van der Waals surface area contributed by atoms with Crippen LogP contribution in [0.5, 0.6) is 0 Å². The number of amides is 2. The van der Waals surface area contributed by atoms with E-state index in [1.807, 2.05) is 0 Å². The maximum atomic E-state index is 12.0. The summed E-state index contributed by atoms with van der Waals surface area (Å²) in [6, 6.07) is 9.17. The van der Waals surface area contributed by atoms with Gasteiger partial charge in [0.1, 0.15) is 0 Å². The van der Waals surface area contributed by atoms with Gasteiger partial charge in [0.25, 0.3) is 0 Å². The number of carbonyl (C=O) groups is 1. The van der Waals surface area contributed by atoms with Gasteiger partial charge in [0.2, 0.25) is 0 Å². The van der Waals surface area contributed by atoms with Crippen LogP contribution < -0.4 is 10.6 Å². The third-order valence-corrected chi connectivity index (χ3v) is 8.29. The molecule has 2 aromatic rings. The van der Waals surface area contributed by atoms with Crippen LogP contribution in [0.15, 0.2) is 29.6 Å². The van der Waals surface area contributed by atoms with Gasteiger partial charge in [-0.3, -0.25) is 5.32 Å². The highest BCUT2D eigenvalue weighted by Crippen LogP contribution is 2.66. The second kappa shape index (κ2) is 7.12. The Hall–Kier alpha value is -1.88. The fraction of sp³-hybridized carbons (Fsp3) is 0.583. The van der Waals surface area contributed by atoms with Crippen molar-refractivity contribution in [1.29, 1.82) is 0 Å². The molecule has 0 saturated heterocycles. The number of hydrogen-bond donors (Lipinski definition) is 2. The molecule has 2 unspecified atom stereocenters. The molecule has 6 rings (SSSR count). The Morgan fingerprint density at radius 3 is 2.52 bits per heavy atom. The number of nitrogens with zero attached hydrogens (tertiary/aromatic N) is 1. The highest BCUT2D eigenvalue weighted by atomic mass is 32.1. The number of urea groups is 1. The maximum absolute atomic E-state index is 12.0. The zero-order chi connectivity index (χ0) is 20.1. The zero-order valence-corrected chi connectivity index (χ0v) is 18.3. The molecule has 1 aromatic heterocycles. The summed E-state index contributed by atoms with van der Waals surface area (Å²) >= 11 is 1.57. The van der Waals surface area contributed by atoms with Gasteiger partial charge < -0.3 is 5.32 Å². The summed E-state index contributed by atoms with van der Waals surface area (Å²) in [6.45, 7) is 4.92. The lowest BCUT2D eigenvalue weighted by atomic mass is 9.42. The van der Waals surface area contributed by atoms with E-state index >= 15 is 0 Å². The van der Waals surface area contributed by atoms with Crippen molar-refractivity contribution in [2.45, 2.75) is 69.6 Å². The van der Waals surface area contributed by atoms with Crippen molar-refractivity contribution in [3.8, 4) is 0 Å². The Labute approximate surface area is 177 Å². The molecule has 4 saturated carbocycles. The molecular weight excluding hydrogens is 378 g/mol. The summed E-state index contributed by atoms with van der Waals surface area (Å²) in [7, 11) is 0. The lowest BCUT2D eigenvalue weighted by Crippen LogP contribution is -2.56. The second-order valence-electron chi connectivity index (χ2n) is 9.81. The highest BCUT2D eigenvalue weighted by Gasteiger charge is 2.59. The number of hydrogen-bond acceptors (Lipinski definition) is 3. The molecule has 29 heavy (non-hydrogen) atoms.